The summed E-state index contributed by atoms with van der Waals surface area (Å²) in [4.78, 5) is 0.0288. The molecule has 2 N–H and O–H groups in total. The van der Waals surface area contributed by atoms with Gasteiger partial charge >= 0.3 is 0 Å². The molecule has 19 heavy (non-hydrogen) atoms. The van der Waals surface area contributed by atoms with Crippen LogP contribution in [-0.2, 0) is 14.8 Å². The highest BCUT2D eigenvalue weighted by Crippen LogP contribution is 2.17. The molecular weight excluding hydrogens is 268 g/mol. The van der Waals surface area contributed by atoms with Crippen molar-refractivity contribution in [3.8, 4) is 6.07 Å². The highest BCUT2D eigenvalue weighted by atomic mass is 32.2. The largest absolute Gasteiger partial charge is 0.395 e. The van der Waals surface area contributed by atoms with Gasteiger partial charge in [0.1, 0.15) is 0 Å². The number of methoxy groups -OCH3 is 1. The molecule has 0 aliphatic rings. The summed E-state index contributed by atoms with van der Waals surface area (Å²) in [7, 11) is -2.38. The van der Waals surface area contributed by atoms with Gasteiger partial charge < -0.3 is 9.84 Å². The summed E-state index contributed by atoms with van der Waals surface area (Å²) in [5.74, 6) is 0. The fourth-order valence-electron chi connectivity index (χ4n) is 1.57. The van der Waals surface area contributed by atoms with E-state index in [2.05, 4.69) is 4.72 Å². The van der Waals surface area contributed by atoms with E-state index in [-0.39, 0.29) is 23.7 Å². The first kappa shape index (κ1) is 15.6. The zero-order chi connectivity index (χ0) is 14.5. The van der Waals surface area contributed by atoms with Gasteiger partial charge in [0, 0.05) is 7.11 Å². The number of aliphatic hydroxyl groups is 1. The maximum absolute atomic E-state index is 12.2. The summed E-state index contributed by atoms with van der Waals surface area (Å²) in [5, 5.41) is 17.9. The predicted octanol–water partition coefficient (Wildman–Crippen LogP) is 0.152. The van der Waals surface area contributed by atoms with Crippen LogP contribution in [-0.4, -0.2) is 39.9 Å². The van der Waals surface area contributed by atoms with Gasteiger partial charge in [0.25, 0.3) is 0 Å². The highest BCUT2D eigenvalue weighted by molar-refractivity contribution is 7.89. The third-order valence-corrected chi connectivity index (χ3v) is 4.18. The average Bonchev–Trinajstić information content (AvgIpc) is 2.38. The zero-order valence-corrected chi connectivity index (χ0v) is 11.6. The van der Waals surface area contributed by atoms with Gasteiger partial charge in [-0.05, 0) is 24.6 Å². The monoisotopic (exact) mass is 284 g/mol. The lowest BCUT2D eigenvalue weighted by atomic mass is 10.2. The van der Waals surface area contributed by atoms with Crippen LogP contribution in [0.5, 0.6) is 0 Å². The number of benzene rings is 1. The molecule has 6 nitrogen and oxygen atoms in total. The summed E-state index contributed by atoms with van der Waals surface area (Å²) in [6.07, 6.45) is 0. The van der Waals surface area contributed by atoms with Gasteiger partial charge in [0.15, 0.2) is 0 Å². The Morgan fingerprint density at radius 3 is 2.74 bits per heavy atom. The Kier molecular flexibility index (Phi) is 5.44. The number of hydrogen-bond acceptors (Lipinski definition) is 5. The molecule has 0 bridgehead atoms. The second-order valence-corrected chi connectivity index (χ2v) is 5.73. The van der Waals surface area contributed by atoms with Crippen LogP contribution in [0.2, 0.25) is 0 Å². The Labute approximate surface area is 112 Å². The number of ether oxygens (including phenoxy) is 1. The number of aryl methyl sites for hydroxylation is 1. The van der Waals surface area contributed by atoms with Gasteiger partial charge in [-0.25, -0.2) is 13.1 Å². The van der Waals surface area contributed by atoms with Crippen LogP contribution in [0.25, 0.3) is 0 Å². The van der Waals surface area contributed by atoms with Crippen LogP contribution in [0.3, 0.4) is 0 Å². The van der Waals surface area contributed by atoms with Crippen LogP contribution in [0.1, 0.15) is 11.1 Å². The van der Waals surface area contributed by atoms with E-state index in [4.69, 9.17) is 15.1 Å². The Balaban J connectivity index is 3.10. The minimum Gasteiger partial charge on any atom is -0.395 e. The van der Waals surface area contributed by atoms with Crippen molar-refractivity contribution in [2.24, 2.45) is 0 Å². The number of nitrogens with zero attached hydrogens (tertiary/aromatic N) is 1. The van der Waals surface area contributed by atoms with Gasteiger partial charge in [-0.3, -0.25) is 0 Å². The Hall–Kier alpha value is -1.46. The normalized spacial score (nSPS) is 12.9. The maximum Gasteiger partial charge on any atom is 0.241 e. The summed E-state index contributed by atoms with van der Waals surface area (Å²) < 4.78 is 31.5. The van der Waals surface area contributed by atoms with Gasteiger partial charge in [-0.1, -0.05) is 6.07 Å². The van der Waals surface area contributed by atoms with E-state index in [0.29, 0.717) is 5.56 Å². The molecule has 0 radical (unpaired) electrons. The smallest absolute Gasteiger partial charge is 0.241 e. The fraction of sp³-hybridized carbons (Fsp3) is 0.417. The first-order chi connectivity index (χ1) is 8.94. The van der Waals surface area contributed by atoms with E-state index in [1.807, 2.05) is 6.07 Å². The molecule has 1 aromatic rings. The van der Waals surface area contributed by atoms with Gasteiger partial charge in [-0.2, -0.15) is 5.26 Å². The lowest BCUT2D eigenvalue weighted by Gasteiger charge is -2.16. The summed E-state index contributed by atoms with van der Waals surface area (Å²) in [5.41, 5.74) is 0.791. The van der Waals surface area contributed by atoms with Crippen molar-refractivity contribution < 1.29 is 18.3 Å². The van der Waals surface area contributed by atoms with E-state index in [0.717, 1.165) is 0 Å². The van der Waals surface area contributed by atoms with E-state index in [1.165, 1.54) is 13.2 Å². The predicted molar refractivity (Wildman–Crippen MR) is 69.0 cm³/mol. The second kappa shape index (κ2) is 6.63. The Bertz CT molecular complexity index is 578. The molecule has 104 valence electrons. The molecule has 0 saturated heterocycles. The van der Waals surface area contributed by atoms with Crippen molar-refractivity contribution in [1.29, 1.82) is 5.26 Å². The van der Waals surface area contributed by atoms with Gasteiger partial charge in [0.05, 0.1) is 35.8 Å². The second-order valence-electron chi connectivity index (χ2n) is 4.05. The first-order valence-electron chi connectivity index (χ1n) is 5.57. The van der Waals surface area contributed by atoms with Crippen molar-refractivity contribution in [1.82, 2.24) is 4.72 Å². The van der Waals surface area contributed by atoms with Gasteiger partial charge in [-0.15, -0.1) is 0 Å². The van der Waals surface area contributed by atoms with Crippen molar-refractivity contribution in [2.45, 2.75) is 17.9 Å². The quantitative estimate of drug-likeness (QED) is 0.774. The molecule has 7 heteroatoms. The molecule has 1 unspecified atom stereocenters. The molecule has 0 heterocycles. The topological polar surface area (TPSA) is 99.4 Å². The van der Waals surface area contributed by atoms with E-state index >= 15 is 0 Å². The number of nitrogens with one attached hydrogen (secondary N) is 1. The lowest BCUT2D eigenvalue weighted by molar-refractivity contribution is 0.139. The number of rotatable bonds is 6. The van der Waals surface area contributed by atoms with Crippen LogP contribution < -0.4 is 4.72 Å². The van der Waals surface area contributed by atoms with Gasteiger partial charge in [0.2, 0.25) is 10.0 Å². The molecular formula is C12H16N2O4S. The number of hydrogen-bond donors (Lipinski definition) is 2. The minimum atomic E-state index is -3.80. The maximum atomic E-state index is 12.2. The van der Waals surface area contributed by atoms with E-state index in [9.17, 15) is 8.42 Å². The number of sulfonamides is 1. The number of nitriles is 1. The fourth-order valence-corrected chi connectivity index (χ4v) is 3.05. The van der Waals surface area contributed by atoms with Crippen LogP contribution in [0.15, 0.2) is 23.1 Å². The van der Waals surface area contributed by atoms with Crippen molar-refractivity contribution in [3.05, 3.63) is 29.3 Å². The third-order valence-electron chi connectivity index (χ3n) is 2.52. The molecule has 0 amide bonds. The van der Waals surface area contributed by atoms with Crippen molar-refractivity contribution in [2.75, 3.05) is 20.3 Å². The molecule has 0 saturated carbocycles. The molecule has 0 aliphatic carbocycles. The molecule has 1 rings (SSSR count). The Morgan fingerprint density at radius 2 is 2.21 bits per heavy atom. The lowest BCUT2D eigenvalue weighted by Crippen LogP contribution is -2.40. The number of aliphatic hydroxyl groups excluding tert-OH is 1. The molecule has 1 atom stereocenters. The molecule has 0 fully saturated rings. The van der Waals surface area contributed by atoms with Crippen molar-refractivity contribution in [3.63, 3.8) is 0 Å². The average molecular weight is 284 g/mol. The molecule has 0 aromatic heterocycles. The summed E-state index contributed by atoms with van der Waals surface area (Å²) >= 11 is 0. The highest BCUT2D eigenvalue weighted by Gasteiger charge is 2.21. The molecule has 1 aromatic carbocycles. The molecule has 0 aliphatic heterocycles. The summed E-state index contributed by atoms with van der Waals surface area (Å²) in [6.45, 7) is 1.33. The Morgan fingerprint density at radius 1 is 1.53 bits per heavy atom. The third kappa shape index (κ3) is 4.01. The summed E-state index contributed by atoms with van der Waals surface area (Å²) in [6, 6.07) is 5.59. The standard InChI is InChI=1S/C12H16N2O4S/c1-9-3-4-10(6-13)5-12(9)19(16,17)14-11(7-15)8-18-2/h3-5,11,14-15H,7-8H2,1-2H3. The van der Waals surface area contributed by atoms with E-state index < -0.39 is 16.1 Å². The van der Waals surface area contributed by atoms with Crippen LogP contribution in [0.4, 0.5) is 0 Å². The minimum absolute atomic E-state index is 0.0288. The zero-order valence-electron chi connectivity index (χ0n) is 10.8. The SMILES string of the molecule is COCC(CO)NS(=O)(=O)c1cc(C#N)ccc1C. The van der Waals surface area contributed by atoms with Crippen molar-refractivity contribution >= 4 is 10.0 Å². The van der Waals surface area contributed by atoms with E-state index in [1.54, 1.807) is 19.1 Å². The van der Waals surface area contributed by atoms with Crippen LogP contribution in [0, 0.1) is 18.3 Å². The first-order valence-corrected chi connectivity index (χ1v) is 7.05. The van der Waals surface area contributed by atoms with Crippen LogP contribution >= 0.6 is 0 Å². The molecule has 0 spiro atoms.